The fraction of sp³-hybridized carbons (Fsp3) is 0.897. The van der Waals surface area contributed by atoms with Gasteiger partial charge in [-0.05, 0) is 51.9 Å². The average Bonchev–Trinajstić information content (AvgIpc) is 3.03. The number of hydrogen-bond acceptors (Lipinski definition) is 15. The standard InChI is InChI=1S/C29H52N2O15/c1-16(34)17(31-21(36)10-4-7-13-44-29-27(42)25(40)23(38)19(15-33)46-29)8-2-5-11-30-20(35)9-3-6-12-43-28-26(41)24(39)22(37)18(14-32)45-28/h17-19,22-29,32-33,37-42H,2-15H2,1H3,(H,30,35)(H,31,36)/t17-,18?,19?,22?,23+,24?,25?,26?,27?,28?,29?/m1/s1. The zero-order valence-corrected chi connectivity index (χ0v) is 26.2. The predicted molar refractivity (Wildman–Crippen MR) is 157 cm³/mol. The molecule has 46 heavy (non-hydrogen) atoms. The molecule has 2 rings (SSSR count). The van der Waals surface area contributed by atoms with E-state index in [9.17, 15) is 55.2 Å². The molecule has 0 radical (unpaired) electrons. The van der Waals surface area contributed by atoms with E-state index in [2.05, 4.69) is 10.6 Å². The first-order valence-corrected chi connectivity index (χ1v) is 15.8. The summed E-state index contributed by atoms with van der Waals surface area (Å²) >= 11 is 0. The average molecular weight is 669 g/mol. The number of aliphatic hydroxyl groups is 8. The molecule has 0 aromatic carbocycles. The molecule has 0 spiro atoms. The molecule has 2 amide bonds. The zero-order valence-electron chi connectivity index (χ0n) is 26.2. The van der Waals surface area contributed by atoms with E-state index in [1.54, 1.807) is 0 Å². The lowest BCUT2D eigenvalue weighted by Crippen LogP contribution is -2.59. The Balaban J connectivity index is 1.52. The van der Waals surface area contributed by atoms with E-state index in [4.69, 9.17) is 18.9 Å². The van der Waals surface area contributed by atoms with Gasteiger partial charge in [-0.1, -0.05) is 0 Å². The Bertz CT molecular complexity index is 910. The van der Waals surface area contributed by atoms with Crippen LogP contribution in [0.3, 0.4) is 0 Å². The van der Waals surface area contributed by atoms with Crippen molar-refractivity contribution in [1.82, 2.24) is 10.6 Å². The molecule has 0 aromatic rings. The number of amides is 2. The molecule has 17 heteroatoms. The number of carbonyl (C=O) groups excluding carboxylic acids is 3. The second-order valence-electron chi connectivity index (χ2n) is 11.6. The summed E-state index contributed by atoms with van der Waals surface area (Å²) < 4.78 is 21.3. The van der Waals surface area contributed by atoms with Crippen LogP contribution in [-0.4, -0.2) is 159 Å². The molecule has 2 fully saturated rings. The van der Waals surface area contributed by atoms with Gasteiger partial charge < -0.3 is 70.4 Å². The number of rotatable bonds is 21. The summed E-state index contributed by atoms with van der Waals surface area (Å²) in [6.07, 6.45) is -9.77. The van der Waals surface area contributed by atoms with Crippen molar-refractivity contribution >= 4 is 17.6 Å². The Labute approximate surface area is 267 Å². The predicted octanol–water partition coefficient (Wildman–Crippen LogP) is -3.68. The van der Waals surface area contributed by atoms with E-state index in [0.717, 1.165) is 0 Å². The molecule has 11 atom stereocenters. The van der Waals surface area contributed by atoms with Gasteiger partial charge in [0.1, 0.15) is 48.8 Å². The van der Waals surface area contributed by atoms with Crippen LogP contribution in [0.1, 0.15) is 64.7 Å². The maximum Gasteiger partial charge on any atom is 0.220 e. The van der Waals surface area contributed by atoms with Crippen molar-refractivity contribution in [3.8, 4) is 0 Å². The van der Waals surface area contributed by atoms with Crippen molar-refractivity contribution in [2.45, 2.75) is 132 Å². The van der Waals surface area contributed by atoms with Crippen molar-refractivity contribution in [1.29, 1.82) is 0 Å². The first-order chi connectivity index (χ1) is 21.9. The lowest BCUT2D eigenvalue weighted by Gasteiger charge is -2.39. The highest BCUT2D eigenvalue weighted by atomic mass is 16.7. The highest BCUT2D eigenvalue weighted by molar-refractivity contribution is 5.87. The molecule has 2 heterocycles. The van der Waals surface area contributed by atoms with Crippen molar-refractivity contribution in [2.24, 2.45) is 0 Å². The van der Waals surface area contributed by atoms with E-state index in [-0.39, 0.29) is 43.7 Å². The molecule has 10 N–H and O–H groups in total. The number of carbonyl (C=O) groups is 3. The van der Waals surface area contributed by atoms with Crippen LogP contribution in [0.25, 0.3) is 0 Å². The molecular formula is C29H52N2O15. The fourth-order valence-electron chi connectivity index (χ4n) is 5.02. The summed E-state index contributed by atoms with van der Waals surface area (Å²) in [7, 11) is 0. The molecule has 2 aliphatic heterocycles. The number of ether oxygens (including phenoxy) is 4. The Morgan fingerprint density at radius 2 is 1.13 bits per heavy atom. The van der Waals surface area contributed by atoms with E-state index in [0.29, 0.717) is 51.5 Å². The van der Waals surface area contributed by atoms with Gasteiger partial charge in [-0.3, -0.25) is 14.4 Å². The molecular weight excluding hydrogens is 616 g/mol. The number of hydrogen-bond donors (Lipinski definition) is 10. The lowest BCUT2D eigenvalue weighted by atomic mass is 9.99. The van der Waals surface area contributed by atoms with Crippen LogP contribution >= 0.6 is 0 Å². The van der Waals surface area contributed by atoms with Gasteiger partial charge in [0.05, 0.1) is 19.3 Å². The molecule has 268 valence electrons. The summed E-state index contributed by atoms with van der Waals surface area (Å²) in [5.74, 6) is -0.661. The second-order valence-corrected chi connectivity index (χ2v) is 11.6. The molecule has 0 bridgehead atoms. The molecule has 0 saturated carbocycles. The van der Waals surface area contributed by atoms with Gasteiger partial charge in [-0.2, -0.15) is 0 Å². The van der Waals surface area contributed by atoms with Crippen LogP contribution < -0.4 is 10.6 Å². The lowest BCUT2D eigenvalue weighted by molar-refractivity contribution is -0.301. The minimum atomic E-state index is -1.53. The maximum atomic E-state index is 12.3. The largest absolute Gasteiger partial charge is 0.394 e. The van der Waals surface area contributed by atoms with Crippen molar-refractivity contribution < 1.29 is 74.2 Å². The molecule has 2 aliphatic rings. The third kappa shape index (κ3) is 13.0. The summed E-state index contributed by atoms with van der Waals surface area (Å²) in [5, 5.41) is 83.1. The van der Waals surface area contributed by atoms with E-state index >= 15 is 0 Å². The second kappa shape index (κ2) is 21.2. The number of ketones is 1. The Kier molecular flexibility index (Phi) is 18.6. The van der Waals surface area contributed by atoms with Crippen LogP contribution in [0.4, 0.5) is 0 Å². The monoisotopic (exact) mass is 668 g/mol. The number of unbranched alkanes of at least 4 members (excludes halogenated alkanes) is 3. The first-order valence-electron chi connectivity index (χ1n) is 15.8. The molecule has 17 nitrogen and oxygen atoms in total. The van der Waals surface area contributed by atoms with Crippen LogP contribution in [-0.2, 0) is 33.3 Å². The van der Waals surface area contributed by atoms with E-state index in [1.165, 1.54) is 6.92 Å². The molecule has 9 unspecified atom stereocenters. The van der Waals surface area contributed by atoms with Gasteiger partial charge in [0.25, 0.3) is 0 Å². The minimum Gasteiger partial charge on any atom is -0.394 e. The van der Waals surface area contributed by atoms with Crippen LogP contribution in [0.2, 0.25) is 0 Å². The van der Waals surface area contributed by atoms with Crippen molar-refractivity contribution in [3.63, 3.8) is 0 Å². The topological polar surface area (TPSA) is 274 Å². The van der Waals surface area contributed by atoms with Gasteiger partial charge in [0.15, 0.2) is 18.4 Å². The Hall–Kier alpha value is -1.87. The van der Waals surface area contributed by atoms with Crippen molar-refractivity contribution in [2.75, 3.05) is 33.0 Å². The molecule has 0 aromatic heterocycles. The zero-order chi connectivity index (χ0) is 34.2. The van der Waals surface area contributed by atoms with Crippen LogP contribution in [0.15, 0.2) is 0 Å². The Morgan fingerprint density at radius 1 is 0.652 bits per heavy atom. The summed E-state index contributed by atoms with van der Waals surface area (Å²) in [5.41, 5.74) is 0. The van der Waals surface area contributed by atoms with Crippen molar-refractivity contribution in [3.05, 3.63) is 0 Å². The quantitative estimate of drug-likeness (QED) is 0.0528. The number of aliphatic hydroxyl groups excluding tert-OH is 8. The van der Waals surface area contributed by atoms with Gasteiger partial charge >= 0.3 is 0 Å². The molecule has 0 aliphatic carbocycles. The Morgan fingerprint density at radius 3 is 1.59 bits per heavy atom. The normalized spacial score (nSPS) is 32.1. The maximum absolute atomic E-state index is 12.3. The van der Waals surface area contributed by atoms with Gasteiger partial charge in [-0.15, -0.1) is 0 Å². The third-order valence-corrected chi connectivity index (χ3v) is 7.93. The highest BCUT2D eigenvalue weighted by Gasteiger charge is 2.45. The number of nitrogens with one attached hydrogen (secondary N) is 2. The van der Waals surface area contributed by atoms with Crippen LogP contribution in [0, 0.1) is 0 Å². The van der Waals surface area contributed by atoms with E-state index in [1.807, 2.05) is 0 Å². The molecule has 2 saturated heterocycles. The fourth-order valence-corrected chi connectivity index (χ4v) is 5.02. The summed E-state index contributed by atoms with van der Waals surface area (Å²) in [4.78, 5) is 36.5. The first kappa shape index (κ1) is 40.3. The smallest absolute Gasteiger partial charge is 0.220 e. The SMILES string of the molecule is CC(=O)[C@@H](CCCCNC(=O)CCCCOC1OC(CO)C(O)C(O)C1O)NC(=O)CCCCOC1OC(CO)[C@H](O)C(O)C1O. The van der Waals surface area contributed by atoms with Gasteiger partial charge in [-0.25, -0.2) is 0 Å². The van der Waals surface area contributed by atoms with E-state index < -0.39 is 80.7 Å². The van der Waals surface area contributed by atoms with Gasteiger partial charge in [0.2, 0.25) is 11.8 Å². The van der Waals surface area contributed by atoms with Crippen LogP contribution in [0.5, 0.6) is 0 Å². The summed E-state index contributed by atoms with van der Waals surface area (Å²) in [6.45, 7) is 0.898. The third-order valence-electron chi connectivity index (χ3n) is 7.93. The highest BCUT2D eigenvalue weighted by Crippen LogP contribution is 2.23. The van der Waals surface area contributed by atoms with Gasteiger partial charge in [0, 0.05) is 32.6 Å². The number of Topliss-reactive ketones (excluding diaryl/α,β-unsaturated/α-hetero) is 1. The summed E-state index contributed by atoms with van der Waals surface area (Å²) in [6, 6.07) is -0.655. The minimum absolute atomic E-state index is 0.0910.